The van der Waals surface area contributed by atoms with Crippen LogP contribution < -0.4 is 5.32 Å². The molecule has 0 fully saturated rings. The van der Waals surface area contributed by atoms with Gasteiger partial charge in [0, 0.05) is 11.9 Å². The highest BCUT2D eigenvalue weighted by Crippen LogP contribution is 2.10. The Bertz CT molecular complexity index is 445. The van der Waals surface area contributed by atoms with Crippen LogP contribution in [-0.2, 0) is 6.54 Å². The number of rotatable bonds is 3. The minimum atomic E-state index is -0.264. The van der Waals surface area contributed by atoms with E-state index in [0.717, 1.165) is 4.60 Å². The number of hydrogen-bond acceptors (Lipinski definition) is 3. The normalized spacial score (nSPS) is 10.1. The molecule has 0 aliphatic carbocycles. The zero-order valence-electron chi connectivity index (χ0n) is 8.32. The van der Waals surface area contributed by atoms with Crippen molar-refractivity contribution in [1.82, 2.24) is 9.97 Å². The molecule has 2 aromatic rings. The van der Waals surface area contributed by atoms with Crippen LogP contribution in [0.2, 0.25) is 0 Å². The summed E-state index contributed by atoms with van der Waals surface area (Å²) in [5.74, 6) is 0.388. The average molecular weight is 282 g/mol. The number of anilines is 1. The average Bonchev–Trinajstić information content (AvgIpc) is 2.27. The van der Waals surface area contributed by atoms with E-state index in [4.69, 9.17) is 0 Å². The van der Waals surface area contributed by atoms with Gasteiger partial charge in [0.2, 0.25) is 0 Å². The first-order chi connectivity index (χ1) is 7.74. The molecule has 0 saturated heterocycles. The van der Waals surface area contributed by atoms with E-state index in [0.29, 0.717) is 18.1 Å². The molecule has 3 nitrogen and oxygen atoms in total. The summed E-state index contributed by atoms with van der Waals surface area (Å²) >= 11 is 3.26. The summed E-state index contributed by atoms with van der Waals surface area (Å²) in [6, 6.07) is 8.03. The highest BCUT2D eigenvalue weighted by molar-refractivity contribution is 9.10. The zero-order chi connectivity index (χ0) is 11.4. The maximum absolute atomic E-state index is 12.9. The van der Waals surface area contributed by atoms with Crippen LogP contribution in [0.25, 0.3) is 0 Å². The smallest absolute Gasteiger partial charge is 0.148 e. The SMILES string of the molecule is Fc1cccc(NCc2nccc(Br)n2)c1. The molecule has 82 valence electrons. The van der Waals surface area contributed by atoms with Gasteiger partial charge >= 0.3 is 0 Å². The Balaban J connectivity index is 2.02. The van der Waals surface area contributed by atoms with Crippen molar-refractivity contribution in [2.24, 2.45) is 0 Å². The van der Waals surface area contributed by atoms with Gasteiger partial charge in [0.25, 0.3) is 0 Å². The number of halogens is 2. The number of benzene rings is 1. The van der Waals surface area contributed by atoms with E-state index in [-0.39, 0.29) is 5.82 Å². The number of hydrogen-bond donors (Lipinski definition) is 1. The van der Waals surface area contributed by atoms with Crippen LogP contribution in [0.5, 0.6) is 0 Å². The van der Waals surface area contributed by atoms with Crippen LogP contribution in [-0.4, -0.2) is 9.97 Å². The molecular weight excluding hydrogens is 273 g/mol. The van der Waals surface area contributed by atoms with Gasteiger partial charge in [-0.3, -0.25) is 0 Å². The first-order valence-electron chi connectivity index (χ1n) is 4.71. The van der Waals surface area contributed by atoms with Crippen LogP contribution in [0.3, 0.4) is 0 Å². The van der Waals surface area contributed by atoms with E-state index in [1.807, 2.05) is 0 Å². The van der Waals surface area contributed by atoms with Gasteiger partial charge < -0.3 is 5.32 Å². The van der Waals surface area contributed by atoms with E-state index in [2.05, 4.69) is 31.2 Å². The molecule has 0 aliphatic rings. The lowest BCUT2D eigenvalue weighted by Crippen LogP contribution is -2.04. The predicted octanol–water partition coefficient (Wildman–Crippen LogP) is 2.99. The lowest BCUT2D eigenvalue weighted by molar-refractivity contribution is 0.628. The van der Waals surface area contributed by atoms with E-state index in [1.54, 1.807) is 24.4 Å². The fourth-order valence-electron chi connectivity index (χ4n) is 1.24. The molecular formula is C11H9BrFN3. The molecule has 0 atom stereocenters. The molecule has 2 rings (SSSR count). The highest BCUT2D eigenvalue weighted by Gasteiger charge is 1.98. The highest BCUT2D eigenvalue weighted by atomic mass is 79.9. The van der Waals surface area contributed by atoms with Crippen molar-refractivity contribution in [2.45, 2.75) is 6.54 Å². The number of nitrogens with one attached hydrogen (secondary N) is 1. The lowest BCUT2D eigenvalue weighted by Gasteiger charge is -2.05. The predicted molar refractivity (Wildman–Crippen MR) is 63.5 cm³/mol. The van der Waals surface area contributed by atoms with Crippen molar-refractivity contribution in [3.63, 3.8) is 0 Å². The van der Waals surface area contributed by atoms with E-state index >= 15 is 0 Å². The molecule has 0 bridgehead atoms. The molecule has 0 radical (unpaired) electrons. The van der Waals surface area contributed by atoms with Gasteiger partial charge in [-0.1, -0.05) is 6.07 Å². The van der Waals surface area contributed by atoms with E-state index in [1.165, 1.54) is 12.1 Å². The quantitative estimate of drug-likeness (QED) is 0.879. The van der Waals surface area contributed by atoms with Crippen LogP contribution in [0.1, 0.15) is 5.82 Å². The summed E-state index contributed by atoms with van der Waals surface area (Å²) < 4.78 is 13.6. The standard InChI is InChI=1S/C11H9BrFN3/c12-10-4-5-14-11(16-10)7-15-9-3-1-2-8(13)6-9/h1-6,15H,7H2. The van der Waals surface area contributed by atoms with Gasteiger partial charge in [-0.05, 0) is 40.2 Å². The molecule has 1 heterocycles. The molecule has 16 heavy (non-hydrogen) atoms. The number of aromatic nitrogens is 2. The third-order valence-electron chi connectivity index (χ3n) is 1.95. The van der Waals surface area contributed by atoms with Gasteiger partial charge in [-0.25, -0.2) is 14.4 Å². The molecule has 0 saturated carbocycles. The molecule has 0 aliphatic heterocycles. The minimum Gasteiger partial charge on any atom is -0.378 e. The molecule has 5 heteroatoms. The first-order valence-corrected chi connectivity index (χ1v) is 5.50. The Hall–Kier alpha value is -1.49. The van der Waals surface area contributed by atoms with Crippen molar-refractivity contribution >= 4 is 21.6 Å². The number of nitrogens with zero attached hydrogens (tertiary/aromatic N) is 2. The van der Waals surface area contributed by atoms with Gasteiger partial charge in [0.05, 0.1) is 6.54 Å². The molecule has 0 unspecified atom stereocenters. The monoisotopic (exact) mass is 281 g/mol. The van der Waals surface area contributed by atoms with Crippen molar-refractivity contribution in [1.29, 1.82) is 0 Å². The fourth-order valence-corrected chi connectivity index (χ4v) is 1.56. The van der Waals surface area contributed by atoms with Crippen molar-refractivity contribution in [2.75, 3.05) is 5.32 Å². The summed E-state index contributed by atoms with van der Waals surface area (Å²) in [6.45, 7) is 0.461. The second kappa shape index (κ2) is 5.03. The third-order valence-corrected chi connectivity index (χ3v) is 2.39. The summed E-state index contributed by atoms with van der Waals surface area (Å²) in [6.07, 6.45) is 1.67. The van der Waals surface area contributed by atoms with Crippen LogP contribution in [0, 0.1) is 5.82 Å². The summed E-state index contributed by atoms with van der Waals surface area (Å²) in [5, 5.41) is 3.04. The second-order valence-corrected chi connectivity index (χ2v) is 3.97. The van der Waals surface area contributed by atoms with Gasteiger partial charge in [-0.2, -0.15) is 0 Å². The molecule has 0 amide bonds. The maximum Gasteiger partial charge on any atom is 0.148 e. The lowest BCUT2D eigenvalue weighted by atomic mass is 10.3. The van der Waals surface area contributed by atoms with E-state index < -0.39 is 0 Å². The molecule has 1 N–H and O–H groups in total. The Kier molecular flexibility index (Phi) is 3.46. The van der Waals surface area contributed by atoms with Gasteiger partial charge in [0.15, 0.2) is 0 Å². The first kappa shape index (κ1) is 11.0. The zero-order valence-corrected chi connectivity index (χ0v) is 9.91. The Labute approximate surface area is 101 Å². The van der Waals surface area contributed by atoms with Crippen molar-refractivity contribution in [3.05, 3.63) is 52.8 Å². The maximum atomic E-state index is 12.9. The van der Waals surface area contributed by atoms with Crippen LogP contribution >= 0.6 is 15.9 Å². The second-order valence-electron chi connectivity index (χ2n) is 3.16. The van der Waals surface area contributed by atoms with Crippen molar-refractivity contribution in [3.8, 4) is 0 Å². The fraction of sp³-hybridized carbons (Fsp3) is 0.0909. The van der Waals surface area contributed by atoms with Crippen LogP contribution in [0.4, 0.5) is 10.1 Å². The summed E-state index contributed by atoms with van der Waals surface area (Å²) in [5.41, 5.74) is 0.712. The largest absolute Gasteiger partial charge is 0.378 e. The summed E-state index contributed by atoms with van der Waals surface area (Å²) in [7, 11) is 0. The minimum absolute atomic E-state index is 0.264. The molecule has 1 aromatic heterocycles. The van der Waals surface area contributed by atoms with Gasteiger partial charge in [-0.15, -0.1) is 0 Å². The van der Waals surface area contributed by atoms with Crippen molar-refractivity contribution < 1.29 is 4.39 Å². The summed E-state index contributed by atoms with van der Waals surface area (Å²) in [4.78, 5) is 8.24. The molecule has 1 aromatic carbocycles. The molecule has 0 spiro atoms. The third kappa shape index (κ3) is 3.00. The van der Waals surface area contributed by atoms with Crippen LogP contribution in [0.15, 0.2) is 41.1 Å². The Morgan fingerprint density at radius 3 is 2.94 bits per heavy atom. The topological polar surface area (TPSA) is 37.8 Å². The Morgan fingerprint density at radius 2 is 2.19 bits per heavy atom. The van der Waals surface area contributed by atoms with E-state index in [9.17, 15) is 4.39 Å². The Morgan fingerprint density at radius 1 is 1.31 bits per heavy atom. The van der Waals surface area contributed by atoms with Gasteiger partial charge in [0.1, 0.15) is 16.2 Å².